The maximum atomic E-state index is 12.7. The Bertz CT molecular complexity index is 969. The van der Waals surface area contributed by atoms with E-state index in [4.69, 9.17) is 5.73 Å². The lowest BCUT2D eigenvalue weighted by molar-refractivity contribution is -0.131. The third kappa shape index (κ3) is 3.85. The van der Waals surface area contributed by atoms with Gasteiger partial charge in [0.1, 0.15) is 5.75 Å². The molecule has 4 rings (SSSR count). The first kappa shape index (κ1) is 18.5. The molecule has 2 aromatic heterocycles. The summed E-state index contributed by atoms with van der Waals surface area (Å²) in [5.74, 6) is -0.0466. The molecule has 3 aromatic rings. The Balaban J connectivity index is 1.38. The van der Waals surface area contributed by atoms with Crippen LogP contribution in [0.2, 0.25) is 0 Å². The molecular weight excluding hydrogens is 356 g/mol. The van der Waals surface area contributed by atoms with Gasteiger partial charge in [-0.3, -0.25) is 9.78 Å². The van der Waals surface area contributed by atoms with E-state index in [0.29, 0.717) is 25.9 Å². The van der Waals surface area contributed by atoms with Gasteiger partial charge in [-0.2, -0.15) is 0 Å². The first-order valence-corrected chi connectivity index (χ1v) is 9.41. The number of rotatable bonds is 5. The van der Waals surface area contributed by atoms with Crippen molar-refractivity contribution in [3.8, 4) is 5.75 Å². The SMILES string of the molecule is N[C@@H](Cc1ccc(O)cc1)C(=O)N1C[C@H](Cc2cn3cccc3cn2)[C@H](O)C1. The lowest BCUT2D eigenvalue weighted by atomic mass is 10.0. The van der Waals surface area contributed by atoms with Crippen molar-refractivity contribution in [3.63, 3.8) is 0 Å². The Morgan fingerprint density at radius 2 is 2.04 bits per heavy atom. The Hall–Kier alpha value is -2.90. The van der Waals surface area contributed by atoms with E-state index in [2.05, 4.69) is 4.98 Å². The number of benzene rings is 1. The molecule has 1 aromatic carbocycles. The summed E-state index contributed by atoms with van der Waals surface area (Å²) in [6.45, 7) is 0.757. The fraction of sp³-hybridized carbons (Fsp3) is 0.333. The number of hydrogen-bond donors (Lipinski definition) is 3. The third-order valence-corrected chi connectivity index (χ3v) is 5.36. The summed E-state index contributed by atoms with van der Waals surface area (Å²) in [4.78, 5) is 18.8. The van der Waals surface area contributed by atoms with Gasteiger partial charge in [0.05, 0.1) is 29.6 Å². The van der Waals surface area contributed by atoms with Gasteiger partial charge in [-0.15, -0.1) is 0 Å². The molecule has 7 heteroatoms. The van der Waals surface area contributed by atoms with Crippen molar-refractivity contribution < 1.29 is 15.0 Å². The van der Waals surface area contributed by atoms with Crippen molar-refractivity contribution in [1.82, 2.24) is 14.3 Å². The van der Waals surface area contributed by atoms with E-state index in [1.807, 2.05) is 35.1 Å². The van der Waals surface area contributed by atoms with Crippen LogP contribution in [0.25, 0.3) is 5.52 Å². The van der Waals surface area contributed by atoms with E-state index in [0.717, 1.165) is 16.8 Å². The fourth-order valence-electron chi connectivity index (χ4n) is 3.79. The number of nitrogens with zero attached hydrogens (tertiary/aromatic N) is 3. The van der Waals surface area contributed by atoms with Crippen molar-refractivity contribution in [2.24, 2.45) is 11.7 Å². The number of phenolic OH excluding ortho intramolecular Hbond substituents is 1. The number of aromatic hydroxyl groups is 1. The number of aliphatic hydroxyl groups excluding tert-OH is 1. The minimum Gasteiger partial charge on any atom is -0.508 e. The largest absolute Gasteiger partial charge is 0.508 e. The average molecular weight is 380 g/mol. The number of carbonyl (C=O) groups excluding carboxylic acids is 1. The second kappa shape index (κ2) is 7.61. The molecule has 1 fully saturated rings. The van der Waals surface area contributed by atoms with Crippen LogP contribution in [0, 0.1) is 5.92 Å². The van der Waals surface area contributed by atoms with E-state index in [1.54, 1.807) is 29.2 Å². The molecule has 0 aliphatic carbocycles. The van der Waals surface area contributed by atoms with Crippen LogP contribution < -0.4 is 5.73 Å². The quantitative estimate of drug-likeness (QED) is 0.612. The molecule has 3 atom stereocenters. The number of carbonyl (C=O) groups is 1. The van der Waals surface area contributed by atoms with Gasteiger partial charge >= 0.3 is 0 Å². The highest BCUT2D eigenvalue weighted by Crippen LogP contribution is 2.22. The van der Waals surface area contributed by atoms with Crippen molar-refractivity contribution in [1.29, 1.82) is 0 Å². The molecule has 4 N–H and O–H groups in total. The molecule has 0 unspecified atom stereocenters. The molecule has 1 saturated heterocycles. The van der Waals surface area contributed by atoms with Crippen molar-refractivity contribution in [2.45, 2.75) is 25.0 Å². The van der Waals surface area contributed by atoms with Crippen LogP contribution in [0.15, 0.2) is 55.0 Å². The molecule has 0 spiro atoms. The molecule has 146 valence electrons. The molecule has 1 aliphatic heterocycles. The Morgan fingerprint density at radius 1 is 1.25 bits per heavy atom. The van der Waals surface area contributed by atoms with E-state index < -0.39 is 12.1 Å². The van der Waals surface area contributed by atoms with Crippen LogP contribution in [0.1, 0.15) is 11.3 Å². The molecule has 3 heterocycles. The second-order valence-corrected chi connectivity index (χ2v) is 7.47. The lowest BCUT2D eigenvalue weighted by Gasteiger charge is -2.21. The Labute approximate surface area is 163 Å². The number of hydrogen-bond acceptors (Lipinski definition) is 5. The van der Waals surface area contributed by atoms with Crippen LogP contribution in [-0.4, -0.2) is 55.6 Å². The second-order valence-electron chi connectivity index (χ2n) is 7.47. The molecular formula is C21H24N4O3. The van der Waals surface area contributed by atoms with Gasteiger partial charge < -0.3 is 25.2 Å². The Kier molecular flexibility index (Phi) is 5.02. The number of aromatic nitrogens is 2. The van der Waals surface area contributed by atoms with Crippen molar-refractivity contribution in [2.75, 3.05) is 13.1 Å². The molecule has 7 nitrogen and oxygen atoms in total. The smallest absolute Gasteiger partial charge is 0.239 e. The van der Waals surface area contributed by atoms with Gasteiger partial charge in [0, 0.05) is 31.4 Å². The first-order valence-electron chi connectivity index (χ1n) is 9.41. The summed E-state index contributed by atoms with van der Waals surface area (Å²) in [6, 6.07) is 9.94. The zero-order valence-corrected chi connectivity index (χ0v) is 15.5. The molecule has 1 amide bonds. The minimum absolute atomic E-state index is 0.0645. The Morgan fingerprint density at radius 3 is 2.82 bits per heavy atom. The van der Waals surface area contributed by atoms with Gasteiger partial charge in [-0.05, 0) is 42.7 Å². The lowest BCUT2D eigenvalue weighted by Crippen LogP contribution is -2.44. The molecule has 28 heavy (non-hydrogen) atoms. The van der Waals surface area contributed by atoms with Gasteiger partial charge in [0.15, 0.2) is 0 Å². The van der Waals surface area contributed by atoms with E-state index in [9.17, 15) is 15.0 Å². The number of β-amino-alcohol motifs (C(OH)–C–C–N with tert-alkyl or cyclic N) is 1. The van der Waals surface area contributed by atoms with Gasteiger partial charge in [0.25, 0.3) is 0 Å². The first-order chi connectivity index (χ1) is 13.5. The summed E-state index contributed by atoms with van der Waals surface area (Å²) >= 11 is 0. The van der Waals surface area contributed by atoms with Gasteiger partial charge in [-0.25, -0.2) is 0 Å². The number of amides is 1. The molecule has 1 aliphatic rings. The molecule has 0 saturated carbocycles. The standard InChI is InChI=1S/C21H24N4O3/c22-19(8-14-3-5-18(26)6-4-14)21(28)25-11-15(20(27)13-25)9-16-12-24-7-1-2-17(24)10-23-16/h1-7,10,12,15,19-20,26-27H,8-9,11,13,22H2/t15-,19-,20+/m0/s1. The predicted molar refractivity (Wildman–Crippen MR) is 105 cm³/mol. The fourth-order valence-corrected chi connectivity index (χ4v) is 3.79. The minimum atomic E-state index is -0.676. The van der Waals surface area contributed by atoms with Crippen LogP contribution in [0.4, 0.5) is 0 Å². The summed E-state index contributed by atoms with van der Waals surface area (Å²) in [5.41, 5.74) is 8.90. The summed E-state index contributed by atoms with van der Waals surface area (Å²) in [6.07, 6.45) is 6.14. The zero-order chi connectivity index (χ0) is 19.7. The molecule has 0 bridgehead atoms. The molecule has 0 radical (unpaired) electrons. The van der Waals surface area contributed by atoms with E-state index in [-0.39, 0.29) is 17.6 Å². The number of phenols is 1. The number of likely N-dealkylation sites (tertiary alicyclic amines) is 1. The predicted octanol–water partition coefficient (Wildman–Crippen LogP) is 0.972. The van der Waals surface area contributed by atoms with Crippen molar-refractivity contribution >= 4 is 11.4 Å². The average Bonchev–Trinajstić information content (AvgIpc) is 3.29. The normalized spacial score (nSPS) is 20.6. The third-order valence-electron chi connectivity index (χ3n) is 5.36. The number of aliphatic hydroxyl groups is 1. The summed E-state index contributed by atoms with van der Waals surface area (Å²) in [5, 5.41) is 19.8. The van der Waals surface area contributed by atoms with Crippen LogP contribution >= 0.6 is 0 Å². The highest BCUT2D eigenvalue weighted by Gasteiger charge is 2.36. The highest BCUT2D eigenvalue weighted by molar-refractivity contribution is 5.82. The monoisotopic (exact) mass is 380 g/mol. The van der Waals surface area contributed by atoms with Gasteiger partial charge in [0.2, 0.25) is 5.91 Å². The van der Waals surface area contributed by atoms with Crippen molar-refractivity contribution in [3.05, 3.63) is 66.2 Å². The number of nitrogens with two attached hydrogens (primary N) is 1. The van der Waals surface area contributed by atoms with Gasteiger partial charge in [-0.1, -0.05) is 12.1 Å². The zero-order valence-electron chi connectivity index (χ0n) is 15.5. The van der Waals surface area contributed by atoms with Crippen LogP contribution in [-0.2, 0) is 17.6 Å². The highest BCUT2D eigenvalue weighted by atomic mass is 16.3. The topological polar surface area (TPSA) is 104 Å². The summed E-state index contributed by atoms with van der Waals surface area (Å²) < 4.78 is 2.00. The summed E-state index contributed by atoms with van der Waals surface area (Å²) in [7, 11) is 0. The van der Waals surface area contributed by atoms with E-state index in [1.165, 1.54) is 0 Å². The number of fused-ring (bicyclic) bond motifs is 1. The maximum absolute atomic E-state index is 12.7. The van der Waals surface area contributed by atoms with Crippen LogP contribution in [0.5, 0.6) is 5.75 Å². The van der Waals surface area contributed by atoms with Crippen LogP contribution in [0.3, 0.4) is 0 Å². The maximum Gasteiger partial charge on any atom is 0.239 e. The van der Waals surface area contributed by atoms with E-state index >= 15 is 0 Å².